The largest absolute Gasteiger partial charge is 0.481 e. The maximum atomic E-state index is 11.2. The minimum absolute atomic E-state index is 0.00262. The number of fused-ring (bicyclic) bond motifs is 1. The summed E-state index contributed by atoms with van der Waals surface area (Å²) in [6, 6.07) is 5.28. The zero-order valence-corrected chi connectivity index (χ0v) is 10.5. The quantitative estimate of drug-likeness (QED) is 0.758. The molecular weight excluding hydrogens is 252 g/mol. The van der Waals surface area contributed by atoms with Crippen LogP contribution in [0.5, 0.6) is 0 Å². The first-order valence-electron chi connectivity index (χ1n) is 5.57. The van der Waals surface area contributed by atoms with Crippen LogP contribution in [-0.4, -0.2) is 28.8 Å². The lowest BCUT2D eigenvalue weighted by Gasteiger charge is -2.17. The lowest BCUT2D eigenvalue weighted by molar-refractivity contribution is -0.137. The van der Waals surface area contributed by atoms with Gasteiger partial charge in [0.05, 0.1) is 17.9 Å². The van der Waals surface area contributed by atoms with Gasteiger partial charge in [-0.2, -0.15) is 0 Å². The molecule has 0 spiro atoms. The van der Waals surface area contributed by atoms with E-state index in [4.69, 9.17) is 10.8 Å². The normalized spacial score (nSPS) is 15.7. The van der Waals surface area contributed by atoms with E-state index in [1.165, 1.54) is 11.8 Å². The molecule has 4 N–H and O–H groups in total. The molecule has 0 bridgehead atoms. The van der Waals surface area contributed by atoms with Gasteiger partial charge in [0.25, 0.3) is 0 Å². The molecule has 96 valence electrons. The van der Waals surface area contributed by atoms with Crippen LogP contribution in [0.2, 0.25) is 0 Å². The third kappa shape index (κ3) is 3.24. The van der Waals surface area contributed by atoms with Gasteiger partial charge in [0, 0.05) is 10.9 Å². The molecule has 1 aromatic rings. The molecule has 1 unspecified atom stereocenters. The predicted octanol–water partition coefficient (Wildman–Crippen LogP) is 1.08. The summed E-state index contributed by atoms with van der Waals surface area (Å²) in [6.45, 7) is 0. The fourth-order valence-electron chi connectivity index (χ4n) is 1.85. The van der Waals surface area contributed by atoms with Crippen LogP contribution in [0.25, 0.3) is 0 Å². The lowest BCUT2D eigenvalue weighted by Crippen LogP contribution is -2.26. The van der Waals surface area contributed by atoms with Crippen molar-refractivity contribution in [2.24, 2.45) is 5.73 Å². The Kier molecular flexibility index (Phi) is 3.88. The van der Waals surface area contributed by atoms with Crippen LogP contribution in [0.4, 0.5) is 5.69 Å². The first-order valence-corrected chi connectivity index (χ1v) is 6.56. The number of hydrogen-bond donors (Lipinski definition) is 3. The number of thioether (sulfide) groups is 1. The van der Waals surface area contributed by atoms with Crippen LogP contribution in [-0.2, 0) is 16.0 Å². The van der Waals surface area contributed by atoms with E-state index in [-0.39, 0.29) is 18.4 Å². The van der Waals surface area contributed by atoms with Crippen LogP contribution in [0.15, 0.2) is 23.1 Å². The highest BCUT2D eigenvalue weighted by molar-refractivity contribution is 8.00. The minimum atomic E-state index is -0.887. The highest BCUT2D eigenvalue weighted by Gasteiger charge is 2.16. The van der Waals surface area contributed by atoms with E-state index < -0.39 is 5.97 Å². The number of rotatable bonds is 4. The Morgan fingerprint density at radius 1 is 1.56 bits per heavy atom. The van der Waals surface area contributed by atoms with Gasteiger partial charge in [0.1, 0.15) is 0 Å². The van der Waals surface area contributed by atoms with Gasteiger partial charge in [-0.3, -0.25) is 9.59 Å². The number of aliphatic carboxylic acids is 1. The maximum absolute atomic E-state index is 11.2. The zero-order valence-electron chi connectivity index (χ0n) is 9.68. The molecule has 1 aliphatic rings. The number of nitrogens with two attached hydrogens (primary N) is 1. The summed E-state index contributed by atoms with van der Waals surface area (Å²) in [4.78, 5) is 22.7. The standard InChI is InChI=1S/C12H14N2O3S/c13-8(5-12(16)17)3-7-1-2-9-10(4-7)18-6-11(15)14-9/h1-2,4,8H,3,5-6,13H2,(H,14,15)(H,16,17). The summed E-state index contributed by atoms with van der Waals surface area (Å²) in [5, 5.41) is 11.4. The van der Waals surface area contributed by atoms with Crippen molar-refractivity contribution in [3.05, 3.63) is 23.8 Å². The molecule has 2 rings (SSSR count). The second-order valence-corrected chi connectivity index (χ2v) is 5.25. The predicted molar refractivity (Wildman–Crippen MR) is 69.7 cm³/mol. The molecule has 0 radical (unpaired) electrons. The van der Waals surface area contributed by atoms with Gasteiger partial charge in [-0.25, -0.2) is 0 Å². The van der Waals surface area contributed by atoms with Crippen molar-refractivity contribution in [2.45, 2.75) is 23.8 Å². The van der Waals surface area contributed by atoms with Gasteiger partial charge in [-0.1, -0.05) is 6.07 Å². The third-order valence-electron chi connectivity index (χ3n) is 2.61. The van der Waals surface area contributed by atoms with Gasteiger partial charge in [0.15, 0.2) is 0 Å². The van der Waals surface area contributed by atoms with Gasteiger partial charge in [0.2, 0.25) is 5.91 Å². The van der Waals surface area contributed by atoms with Gasteiger partial charge < -0.3 is 16.2 Å². The van der Waals surface area contributed by atoms with Crippen molar-refractivity contribution in [2.75, 3.05) is 11.1 Å². The smallest absolute Gasteiger partial charge is 0.304 e. The molecule has 0 fully saturated rings. The molecule has 0 aromatic heterocycles. The Balaban J connectivity index is 2.07. The average molecular weight is 266 g/mol. The summed E-state index contributed by atoms with van der Waals surface area (Å²) >= 11 is 1.48. The average Bonchev–Trinajstić information content (AvgIpc) is 2.28. The molecule has 1 heterocycles. The van der Waals surface area contributed by atoms with E-state index in [9.17, 15) is 9.59 Å². The highest BCUT2D eigenvalue weighted by Crippen LogP contribution is 2.32. The number of benzene rings is 1. The lowest BCUT2D eigenvalue weighted by atomic mass is 10.0. The third-order valence-corrected chi connectivity index (χ3v) is 3.67. The number of carbonyl (C=O) groups excluding carboxylic acids is 1. The second-order valence-electron chi connectivity index (χ2n) is 4.23. The van der Waals surface area contributed by atoms with Gasteiger partial charge in [-0.15, -0.1) is 11.8 Å². The Morgan fingerprint density at radius 2 is 2.33 bits per heavy atom. The number of anilines is 1. The molecule has 5 nitrogen and oxygen atoms in total. The van der Waals surface area contributed by atoms with Gasteiger partial charge >= 0.3 is 5.97 Å². The van der Waals surface area contributed by atoms with Crippen molar-refractivity contribution in [1.29, 1.82) is 0 Å². The summed E-state index contributed by atoms with van der Waals surface area (Å²) < 4.78 is 0. The highest BCUT2D eigenvalue weighted by atomic mass is 32.2. The molecule has 6 heteroatoms. The Labute approximate surface area is 109 Å². The van der Waals surface area contributed by atoms with E-state index in [0.29, 0.717) is 12.2 Å². The van der Waals surface area contributed by atoms with Crippen molar-refractivity contribution in [3.63, 3.8) is 0 Å². The number of carbonyl (C=O) groups is 2. The molecule has 1 aromatic carbocycles. The fraction of sp³-hybridized carbons (Fsp3) is 0.333. The van der Waals surface area contributed by atoms with Crippen LogP contribution in [0.3, 0.4) is 0 Å². The molecule has 0 saturated carbocycles. The maximum Gasteiger partial charge on any atom is 0.304 e. The van der Waals surface area contributed by atoms with Crippen LogP contribution in [0.1, 0.15) is 12.0 Å². The van der Waals surface area contributed by atoms with E-state index in [2.05, 4.69) is 5.32 Å². The number of amides is 1. The van der Waals surface area contributed by atoms with Crippen LogP contribution < -0.4 is 11.1 Å². The molecule has 1 amide bonds. The summed E-state index contributed by atoms with van der Waals surface area (Å²) in [5.74, 6) is -0.470. The summed E-state index contributed by atoms with van der Waals surface area (Å²) in [7, 11) is 0. The minimum Gasteiger partial charge on any atom is -0.481 e. The Morgan fingerprint density at radius 3 is 3.06 bits per heavy atom. The number of carboxylic acids is 1. The molecule has 1 atom stereocenters. The SMILES string of the molecule is NC(CC(=O)O)Cc1ccc2c(c1)SCC(=O)N2. The monoisotopic (exact) mass is 266 g/mol. The molecule has 0 aliphatic carbocycles. The number of nitrogens with one attached hydrogen (secondary N) is 1. The van der Waals surface area contributed by atoms with E-state index in [1.54, 1.807) is 0 Å². The first kappa shape index (κ1) is 12.9. The van der Waals surface area contributed by atoms with Crippen molar-refractivity contribution in [3.8, 4) is 0 Å². The molecular formula is C12H14N2O3S. The first-order chi connectivity index (χ1) is 8.54. The van der Waals surface area contributed by atoms with E-state index in [0.717, 1.165) is 16.1 Å². The molecule has 0 saturated heterocycles. The summed E-state index contributed by atoms with van der Waals surface area (Å²) in [6.07, 6.45) is 0.481. The van der Waals surface area contributed by atoms with Gasteiger partial charge in [-0.05, 0) is 24.1 Å². The number of carboxylic acid groups (broad SMARTS) is 1. The van der Waals surface area contributed by atoms with Crippen molar-refractivity contribution in [1.82, 2.24) is 0 Å². The summed E-state index contributed by atoms with van der Waals surface area (Å²) in [5.41, 5.74) is 7.55. The zero-order chi connectivity index (χ0) is 13.1. The molecule has 18 heavy (non-hydrogen) atoms. The fourth-order valence-corrected chi connectivity index (χ4v) is 2.71. The number of hydrogen-bond acceptors (Lipinski definition) is 4. The molecule has 1 aliphatic heterocycles. The van der Waals surface area contributed by atoms with E-state index in [1.807, 2.05) is 18.2 Å². The van der Waals surface area contributed by atoms with Crippen molar-refractivity contribution >= 4 is 29.3 Å². The van der Waals surface area contributed by atoms with Crippen molar-refractivity contribution < 1.29 is 14.7 Å². The second kappa shape index (κ2) is 5.41. The Hall–Kier alpha value is -1.53. The Bertz CT molecular complexity index is 490. The van der Waals surface area contributed by atoms with Crippen LogP contribution in [0, 0.1) is 0 Å². The topological polar surface area (TPSA) is 92.4 Å². The van der Waals surface area contributed by atoms with Crippen LogP contribution >= 0.6 is 11.8 Å². The van der Waals surface area contributed by atoms with E-state index >= 15 is 0 Å².